The molecule has 4 nitrogen and oxygen atoms in total. The number of hydrogen-bond acceptors (Lipinski definition) is 4. The lowest BCUT2D eigenvalue weighted by atomic mass is 9.89. The van der Waals surface area contributed by atoms with Crippen molar-refractivity contribution in [3.05, 3.63) is 64.7 Å². The largest absolute Gasteiger partial charge is 0.486 e. The topological polar surface area (TPSA) is 47.9 Å². The minimum atomic E-state index is 0.160. The zero-order valence-electron chi connectivity index (χ0n) is 18.8. The molecular weight excluding hydrogens is 374 g/mol. The summed E-state index contributed by atoms with van der Waals surface area (Å²) in [7, 11) is 0. The van der Waals surface area contributed by atoms with E-state index < -0.39 is 0 Å². The van der Waals surface area contributed by atoms with Gasteiger partial charge in [0.1, 0.15) is 19.0 Å². The van der Waals surface area contributed by atoms with Gasteiger partial charge in [-0.15, -0.1) is 0 Å². The number of carbonyl (C=O) groups excluding carboxylic acids is 1. The summed E-state index contributed by atoms with van der Waals surface area (Å²) in [6.45, 7) is 11.4. The number of nitrogens with zero attached hydrogens (tertiary/aromatic N) is 1. The van der Waals surface area contributed by atoms with Crippen molar-refractivity contribution < 1.29 is 14.4 Å². The third-order valence-corrected chi connectivity index (χ3v) is 5.59. The highest BCUT2D eigenvalue weighted by Gasteiger charge is 2.29. The van der Waals surface area contributed by atoms with E-state index >= 15 is 0 Å². The summed E-state index contributed by atoms with van der Waals surface area (Å²) in [4.78, 5) is 17.5. The molecule has 3 rings (SSSR count). The second-order valence-corrected chi connectivity index (χ2v) is 8.73. The molecule has 0 bridgehead atoms. The molecule has 1 saturated carbocycles. The highest BCUT2D eigenvalue weighted by Crippen LogP contribution is 2.30. The molecule has 0 atom stereocenters. The Morgan fingerprint density at radius 1 is 1.00 bits per heavy atom. The maximum atomic E-state index is 11.8. The van der Waals surface area contributed by atoms with Crippen molar-refractivity contribution in [2.45, 2.75) is 65.9 Å². The number of carbonyl (C=O) groups is 1. The van der Waals surface area contributed by atoms with E-state index in [1.807, 2.05) is 31.2 Å². The second-order valence-electron chi connectivity index (χ2n) is 8.73. The van der Waals surface area contributed by atoms with Crippen molar-refractivity contribution in [3.63, 3.8) is 0 Å². The van der Waals surface area contributed by atoms with E-state index in [2.05, 4.69) is 51.0 Å². The van der Waals surface area contributed by atoms with Gasteiger partial charge in [0.15, 0.2) is 5.78 Å². The number of Topliss-reactive ketones (excluding diaryl/α,β-unsaturated/α-hetero) is 1. The molecule has 0 unspecified atom stereocenters. The van der Waals surface area contributed by atoms with Crippen molar-refractivity contribution in [2.24, 2.45) is 11.1 Å². The Morgan fingerprint density at radius 3 is 2.13 bits per heavy atom. The molecule has 1 aliphatic rings. The first kappa shape index (κ1) is 22.1. The van der Waals surface area contributed by atoms with Crippen molar-refractivity contribution in [2.75, 3.05) is 6.61 Å². The molecule has 1 aliphatic carbocycles. The van der Waals surface area contributed by atoms with E-state index in [1.165, 1.54) is 16.7 Å². The third-order valence-electron chi connectivity index (χ3n) is 5.59. The fourth-order valence-electron chi connectivity index (χ4n) is 3.59. The Labute approximate surface area is 180 Å². The SMILES string of the molecule is C/C(=N\OCc1c(C(C)C)cccc1C(C)C)c1ccc(OCC(=O)C2CC2)cc1. The number of benzene rings is 2. The molecule has 0 heterocycles. The Balaban J connectivity index is 1.62. The lowest BCUT2D eigenvalue weighted by Gasteiger charge is -2.18. The van der Waals surface area contributed by atoms with Crippen LogP contribution in [0.2, 0.25) is 0 Å². The van der Waals surface area contributed by atoms with Gasteiger partial charge in [-0.3, -0.25) is 4.79 Å². The molecule has 0 N–H and O–H groups in total. The number of ketones is 1. The normalized spacial score (nSPS) is 14.3. The molecule has 4 heteroatoms. The molecule has 0 saturated heterocycles. The average Bonchev–Trinajstić information content (AvgIpc) is 3.57. The van der Waals surface area contributed by atoms with Crippen LogP contribution in [0.5, 0.6) is 5.75 Å². The third kappa shape index (κ3) is 5.71. The van der Waals surface area contributed by atoms with Crippen LogP contribution in [-0.4, -0.2) is 18.1 Å². The summed E-state index contributed by atoms with van der Waals surface area (Å²) >= 11 is 0. The molecule has 1 fully saturated rings. The van der Waals surface area contributed by atoms with Gasteiger partial charge in [-0.25, -0.2) is 0 Å². The molecule has 0 radical (unpaired) electrons. The Hall–Kier alpha value is -2.62. The maximum absolute atomic E-state index is 11.8. The van der Waals surface area contributed by atoms with Crippen molar-refractivity contribution in [3.8, 4) is 5.75 Å². The van der Waals surface area contributed by atoms with Crippen LogP contribution in [0.1, 0.15) is 81.5 Å². The molecule has 0 aromatic heterocycles. The summed E-state index contributed by atoms with van der Waals surface area (Å²) < 4.78 is 5.59. The van der Waals surface area contributed by atoms with Gasteiger partial charge in [-0.05, 0) is 78.1 Å². The summed E-state index contributed by atoms with van der Waals surface area (Å²) in [5, 5.41) is 4.35. The molecule has 0 spiro atoms. The van der Waals surface area contributed by atoms with Gasteiger partial charge >= 0.3 is 0 Å². The van der Waals surface area contributed by atoms with Crippen LogP contribution in [0.4, 0.5) is 0 Å². The highest BCUT2D eigenvalue weighted by molar-refractivity contribution is 5.98. The fourth-order valence-corrected chi connectivity index (χ4v) is 3.59. The van der Waals surface area contributed by atoms with Crippen molar-refractivity contribution >= 4 is 11.5 Å². The van der Waals surface area contributed by atoms with Crippen LogP contribution < -0.4 is 4.74 Å². The van der Waals surface area contributed by atoms with E-state index in [1.54, 1.807) is 0 Å². The quantitative estimate of drug-likeness (QED) is 0.346. The Kier molecular flexibility index (Phi) is 7.30. The first-order valence-electron chi connectivity index (χ1n) is 10.9. The molecule has 0 amide bonds. The van der Waals surface area contributed by atoms with Gasteiger partial charge in [-0.2, -0.15) is 0 Å². The smallest absolute Gasteiger partial charge is 0.173 e. The zero-order valence-corrected chi connectivity index (χ0v) is 18.8. The summed E-state index contributed by atoms with van der Waals surface area (Å²) in [6, 6.07) is 14.1. The number of oxime groups is 1. The number of ether oxygens (including phenoxy) is 1. The van der Waals surface area contributed by atoms with Crippen molar-refractivity contribution in [1.29, 1.82) is 0 Å². The molecular formula is C26H33NO3. The first-order chi connectivity index (χ1) is 14.4. The van der Waals surface area contributed by atoms with E-state index in [4.69, 9.17) is 9.57 Å². The van der Waals surface area contributed by atoms with Gasteiger partial charge in [0.2, 0.25) is 0 Å². The summed E-state index contributed by atoms with van der Waals surface area (Å²) in [6.07, 6.45) is 2.02. The predicted molar refractivity (Wildman–Crippen MR) is 121 cm³/mol. The number of rotatable bonds is 10. The minimum absolute atomic E-state index is 0.160. The Bertz CT molecular complexity index is 867. The van der Waals surface area contributed by atoms with Gasteiger partial charge in [0.25, 0.3) is 0 Å². The zero-order chi connectivity index (χ0) is 21.7. The van der Waals surface area contributed by atoms with E-state index in [0.717, 1.165) is 24.1 Å². The average molecular weight is 408 g/mol. The monoisotopic (exact) mass is 407 g/mol. The van der Waals surface area contributed by atoms with Crippen LogP contribution in [0.3, 0.4) is 0 Å². The Morgan fingerprint density at radius 2 is 1.60 bits per heavy atom. The van der Waals surface area contributed by atoms with E-state index in [-0.39, 0.29) is 18.3 Å². The summed E-state index contributed by atoms with van der Waals surface area (Å²) in [5.41, 5.74) is 5.65. The van der Waals surface area contributed by atoms with Gasteiger partial charge in [0, 0.05) is 5.92 Å². The molecule has 0 aliphatic heterocycles. The van der Waals surface area contributed by atoms with Crippen LogP contribution in [0, 0.1) is 5.92 Å². The molecule has 2 aromatic carbocycles. The molecule has 2 aromatic rings. The van der Waals surface area contributed by atoms with E-state index in [0.29, 0.717) is 24.2 Å². The van der Waals surface area contributed by atoms with E-state index in [9.17, 15) is 4.79 Å². The van der Waals surface area contributed by atoms with Gasteiger partial charge in [0.05, 0.1) is 5.71 Å². The lowest BCUT2D eigenvalue weighted by molar-refractivity contribution is -0.122. The van der Waals surface area contributed by atoms with Gasteiger partial charge in [-0.1, -0.05) is 51.0 Å². The second kappa shape index (κ2) is 9.92. The maximum Gasteiger partial charge on any atom is 0.173 e. The first-order valence-corrected chi connectivity index (χ1v) is 10.9. The van der Waals surface area contributed by atoms with Crippen LogP contribution in [0.15, 0.2) is 47.6 Å². The van der Waals surface area contributed by atoms with Gasteiger partial charge < -0.3 is 9.57 Å². The molecule has 30 heavy (non-hydrogen) atoms. The van der Waals surface area contributed by atoms with Crippen LogP contribution in [-0.2, 0) is 16.2 Å². The minimum Gasteiger partial charge on any atom is -0.486 e. The predicted octanol–water partition coefficient (Wildman–Crippen LogP) is 6.23. The highest BCUT2D eigenvalue weighted by atomic mass is 16.6. The summed E-state index contributed by atoms with van der Waals surface area (Å²) in [5.74, 6) is 2.01. The number of hydrogen-bond donors (Lipinski definition) is 0. The standard InChI is InChI=1S/C26H33NO3/c1-17(2)23-7-6-8-24(18(3)4)25(23)15-30-27-19(5)20-11-13-22(14-12-20)29-16-26(28)21-9-10-21/h6-8,11-14,17-18,21H,9-10,15-16H2,1-5H3/b27-19+. The van der Waals surface area contributed by atoms with Crippen LogP contribution >= 0.6 is 0 Å². The molecule has 160 valence electrons. The van der Waals surface area contributed by atoms with Crippen molar-refractivity contribution in [1.82, 2.24) is 0 Å². The fraction of sp³-hybridized carbons (Fsp3) is 0.462. The van der Waals surface area contributed by atoms with Crippen LogP contribution in [0.25, 0.3) is 0 Å². The lowest BCUT2D eigenvalue weighted by Crippen LogP contribution is -2.12.